The first-order chi connectivity index (χ1) is 7.91. The Morgan fingerprint density at radius 3 is 2.47 bits per heavy atom. The quantitative estimate of drug-likeness (QED) is 0.856. The number of aromatic nitrogens is 1. The van der Waals surface area contributed by atoms with Gasteiger partial charge in [-0.2, -0.15) is 0 Å². The Morgan fingerprint density at radius 1 is 1.24 bits per heavy atom. The van der Waals surface area contributed by atoms with Gasteiger partial charge in [-0.25, -0.2) is 9.78 Å². The highest BCUT2D eigenvalue weighted by Crippen LogP contribution is 2.36. The summed E-state index contributed by atoms with van der Waals surface area (Å²) in [7, 11) is 0. The minimum atomic E-state index is -1.17. The number of rotatable bonds is 1. The van der Waals surface area contributed by atoms with Crippen LogP contribution in [0.15, 0.2) is 12.1 Å². The molecule has 0 aliphatic heterocycles. The summed E-state index contributed by atoms with van der Waals surface area (Å²) >= 11 is 18.1. The average molecular weight is 291 g/mol. The van der Waals surface area contributed by atoms with Crippen molar-refractivity contribution in [1.29, 1.82) is 0 Å². The number of fused-ring (bicyclic) bond motifs is 1. The molecule has 0 amide bonds. The fourth-order valence-electron chi connectivity index (χ4n) is 1.52. The second-order valence-corrected chi connectivity index (χ2v) is 4.70. The maximum atomic E-state index is 10.9. The van der Waals surface area contributed by atoms with E-state index >= 15 is 0 Å². The summed E-state index contributed by atoms with van der Waals surface area (Å²) in [5, 5.41) is 10.3. The molecule has 0 fully saturated rings. The molecule has 0 aliphatic carbocycles. The number of pyridine rings is 1. The Bertz CT molecular complexity index is 640. The summed E-state index contributed by atoms with van der Waals surface area (Å²) in [4.78, 5) is 14.8. The van der Waals surface area contributed by atoms with Gasteiger partial charge in [-0.3, -0.25) is 0 Å². The van der Waals surface area contributed by atoms with E-state index in [-0.39, 0.29) is 10.7 Å². The van der Waals surface area contributed by atoms with Crippen molar-refractivity contribution < 1.29 is 9.90 Å². The molecular weight excluding hydrogens is 284 g/mol. The monoisotopic (exact) mass is 289 g/mol. The van der Waals surface area contributed by atoms with Crippen LogP contribution in [0.2, 0.25) is 15.1 Å². The van der Waals surface area contributed by atoms with Crippen LogP contribution in [0.5, 0.6) is 0 Å². The van der Waals surface area contributed by atoms with Gasteiger partial charge >= 0.3 is 5.97 Å². The molecule has 88 valence electrons. The van der Waals surface area contributed by atoms with E-state index in [0.29, 0.717) is 20.9 Å². The molecule has 0 saturated heterocycles. The van der Waals surface area contributed by atoms with E-state index in [2.05, 4.69) is 4.98 Å². The van der Waals surface area contributed by atoms with Crippen molar-refractivity contribution >= 4 is 51.7 Å². The number of benzene rings is 1. The lowest BCUT2D eigenvalue weighted by atomic mass is 10.1. The van der Waals surface area contributed by atoms with Crippen molar-refractivity contribution in [3.05, 3.63) is 38.5 Å². The minimum Gasteiger partial charge on any atom is -0.477 e. The molecule has 0 unspecified atom stereocenters. The van der Waals surface area contributed by atoms with Gasteiger partial charge in [-0.15, -0.1) is 0 Å². The molecule has 2 rings (SSSR count). The van der Waals surface area contributed by atoms with Crippen LogP contribution in [0.3, 0.4) is 0 Å². The predicted molar refractivity (Wildman–Crippen MR) is 68.5 cm³/mol. The molecule has 0 aliphatic rings. The highest BCUT2D eigenvalue weighted by atomic mass is 35.5. The Labute approximate surface area is 112 Å². The van der Waals surface area contributed by atoms with Crippen LogP contribution in [-0.4, -0.2) is 16.1 Å². The maximum Gasteiger partial charge on any atom is 0.354 e. The van der Waals surface area contributed by atoms with E-state index in [1.807, 2.05) is 0 Å². The third-order valence-corrected chi connectivity index (χ3v) is 3.40. The van der Waals surface area contributed by atoms with Crippen LogP contribution >= 0.6 is 34.8 Å². The van der Waals surface area contributed by atoms with Gasteiger partial charge in [0.25, 0.3) is 0 Å². The smallest absolute Gasteiger partial charge is 0.354 e. The van der Waals surface area contributed by atoms with Gasteiger partial charge in [0.2, 0.25) is 0 Å². The zero-order valence-electron chi connectivity index (χ0n) is 8.59. The van der Waals surface area contributed by atoms with Crippen molar-refractivity contribution in [2.45, 2.75) is 6.92 Å². The fourth-order valence-corrected chi connectivity index (χ4v) is 2.41. The number of aryl methyl sites for hydroxylation is 1. The van der Waals surface area contributed by atoms with Crippen LogP contribution < -0.4 is 0 Å². The number of hydrogen-bond donors (Lipinski definition) is 1. The van der Waals surface area contributed by atoms with Crippen molar-refractivity contribution in [1.82, 2.24) is 4.98 Å². The molecule has 1 heterocycles. The maximum absolute atomic E-state index is 10.9. The molecule has 17 heavy (non-hydrogen) atoms. The molecule has 1 aromatic heterocycles. The molecule has 1 aromatic carbocycles. The summed E-state index contributed by atoms with van der Waals surface area (Å²) in [6.45, 7) is 1.79. The van der Waals surface area contributed by atoms with E-state index in [1.54, 1.807) is 13.0 Å². The van der Waals surface area contributed by atoms with Crippen molar-refractivity contribution in [3.63, 3.8) is 0 Å². The zero-order valence-corrected chi connectivity index (χ0v) is 10.9. The Kier molecular flexibility index (Phi) is 3.17. The lowest BCUT2D eigenvalue weighted by molar-refractivity contribution is 0.0691. The molecule has 6 heteroatoms. The van der Waals surface area contributed by atoms with Crippen LogP contribution in [0.4, 0.5) is 0 Å². The lowest BCUT2D eigenvalue weighted by Gasteiger charge is -2.08. The van der Waals surface area contributed by atoms with Gasteiger partial charge in [-0.05, 0) is 24.6 Å². The van der Waals surface area contributed by atoms with Crippen LogP contribution in [0.1, 0.15) is 16.1 Å². The van der Waals surface area contributed by atoms with Crippen molar-refractivity contribution in [3.8, 4) is 0 Å². The summed E-state index contributed by atoms with van der Waals surface area (Å²) < 4.78 is 0. The van der Waals surface area contributed by atoms with Crippen LogP contribution in [0.25, 0.3) is 10.9 Å². The number of aromatic carboxylic acids is 1. The van der Waals surface area contributed by atoms with Gasteiger partial charge in [0, 0.05) is 5.39 Å². The van der Waals surface area contributed by atoms with E-state index in [0.717, 1.165) is 5.56 Å². The van der Waals surface area contributed by atoms with E-state index in [4.69, 9.17) is 39.9 Å². The first-order valence-corrected chi connectivity index (χ1v) is 5.73. The van der Waals surface area contributed by atoms with Gasteiger partial charge in [0.15, 0.2) is 0 Å². The van der Waals surface area contributed by atoms with Gasteiger partial charge < -0.3 is 5.11 Å². The van der Waals surface area contributed by atoms with Gasteiger partial charge in [0.05, 0.1) is 20.6 Å². The molecule has 0 spiro atoms. The van der Waals surface area contributed by atoms with Gasteiger partial charge in [-0.1, -0.05) is 34.8 Å². The van der Waals surface area contributed by atoms with Crippen LogP contribution in [0, 0.1) is 6.92 Å². The Hall–Kier alpha value is -1.03. The number of halogens is 3. The number of carbonyl (C=O) groups is 1. The van der Waals surface area contributed by atoms with Crippen molar-refractivity contribution in [2.24, 2.45) is 0 Å². The number of hydrogen-bond acceptors (Lipinski definition) is 2. The molecule has 3 nitrogen and oxygen atoms in total. The molecular formula is C11H6Cl3NO2. The molecule has 0 radical (unpaired) electrons. The summed E-state index contributed by atoms with van der Waals surface area (Å²) in [6.07, 6.45) is 0. The van der Waals surface area contributed by atoms with E-state index < -0.39 is 5.97 Å². The second kappa shape index (κ2) is 4.33. The topological polar surface area (TPSA) is 50.2 Å². The molecule has 0 saturated carbocycles. The normalized spacial score (nSPS) is 10.8. The summed E-state index contributed by atoms with van der Waals surface area (Å²) in [6, 6.07) is 2.88. The number of carboxylic acids is 1. The summed E-state index contributed by atoms with van der Waals surface area (Å²) in [5.41, 5.74) is 0.896. The zero-order chi connectivity index (χ0) is 12.7. The molecule has 1 N–H and O–H groups in total. The SMILES string of the molecule is Cc1cc(Cl)c2nc(C(=O)O)cc(Cl)c2c1Cl. The van der Waals surface area contributed by atoms with E-state index in [1.165, 1.54) is 6.07 Å². The van der Waals surface area contributed by atoms with Crippen molar-refractivity contribution in [2.75, 3.05) is 0 Å². The third kappa shape index (κ3) is 2.06. The summed E-state index contributed by atoms with van der Waals surface area (Å²) in [5.74, 6) is -1.17. The molecule has 0 bridgehead atoms. The highest BCUT2D eigenvalue weighted by Gasteiger charge is 2.15. The minimum absolute atomic E-state index is 0.163. The first kappa shape index (κ1) is 12.4. The highest BCUT2D eigenvalue weighted by molar-refractivity contribution is 6.45. The fraction of sp³-hybridized carbons (Fsp3) is 0.0909. The average Bonchev–Trinajstić information content (AvgIpc) is 2.25. The number of carboxylic acid groups (broad SMARTS) is 1. The third-order valence-electron chi connectivity index (χ3n) is 2.33. The largest absolute Gasteiger partial charge is 0.477 e. The van der Waals surface area contributed by atoms with Crippen LogP contribution in [-0.2, 0) is 0 Å². The Morgan fingerprint density at radius 2 is 1.88 bits per heavy atom. The predicted octanol–water partition coefficient (Wildman–Crippen LogP) is 4.20. The molecule has 0 atom stereocenters. The first-order valence-electron chi connectivity index (χ1n) is 4.60. The standard InChI is InChI=1S/C11H6Cl3NO2/c1-4-2-6(13)10-8(9(4)14)5(12)3-7(15-10)11(16)17/h2-3H,1H3,(H,16,17). The lowest BCUT2D eigenvalue weighted by Crippen LogP contribution is -2.01. The second-order valence-electron chi connectivity index (χ2n) is 3.51. The number of nitrogens with zero attached hydrogens (tertiary/aromatic N) is 1. The Balaban J connectivity index is 2.95. The molecule has 2 aromatic rings. The van der Waals surface area contributed by atoms with Gasteiger partial charge in [0.1, 0.15) is 5.69 Å². The van der Waals surface area contributed by atoms with E-state index in [9.17, 15) is 4.79 Å².